The van der Waals surface area contributed by atoms with Crippen molar-refractivity contribution in [1.82, 2.24) is 15.0 Å². The van der Waals surface area contributed by atoms with Gasteiger partial charge in [-0.05, 0) is 38.1 Å². The molecule has 4 heterocycles. The van der Waals surface area contributed by atoms with Crippen LogP contribution in [0.1, 0.15) is 35.5 Å². The van der Waals surface area contributed by atoms with Gasteiger partial charge in [0.05, 0.1) is 23.1 Å². The lowest BCUT2D eigenvalue weighted by Crippen LogP contribution is -2.35. The minimum absolute atomic E-state index is 0.0610. The zero-order valence-electron chi connectivity index (χ0n) is 17.5. The molecule has 0 spiro atoms. The Hall–Kier alpha value is -4.01. The molecular weight excluding hydrogens is 411 g/mol. The van der Waals surface area contributed by atoms with Crippen molar-refractivity contribution >= 4 is 35.4 Å². The SMILES string of the molecule is CC(C)N1C(=O)C(=O)c2ccc(-c3nc(Nc4ccc5c(n4)CCN=C5)ncc3F)cc21. The number of benzene rings is 1. The molecule has 2 aliphatic rings. The number of rotatable bonds is 4. The average molecular weight is 430 g/mol. The van der Waals surface area contributed by atoms with Crippen molar-refractivity contribution in [3.05, 3.63) is 59.2 Å². The quantitative estimate of drug-likeness (QED) is 0.638. The molecule has 1 N–H and O–H groups in total. The maximum absolute atomic E-state index is 14.6. The summed E-state index contributed by atoms with van der Waals surface area (Å²) in [7, 11) is 0. The van der Waals surface area contributed by atoms with Crippen LogP contribution >= 0.6 is 0 Å². The molecule has 32 heavy (non-hydrogen) atoms. The normalized spacial score (nSPS) is 14.7. The van der Waals surface area contributed by atoms with Crippen LogP contribution in [0.2, 0.25) is 0 Å². The van der Waals surface area contributed by atoms with Crippen LogP contribution in [0.4, 0.5) is 21.8 Å². The van der Waals surface area contributed by atoms with Crippen LogP contribution in [0.3, 0.4) is 0 Å². The third-order valence-electron chi connectivity index (χ3n) is 5.41. The summed E-state index contributed by atoms with van der Waals surface area (Å²) in [5, 5.41) is 3.02. The van der Waals surface area contributed by atoms with E-state index in [1.165, 1.54) is 11.0 Å². The summed E-state index contributed by atoms with van der Waals surface area (Å²) in [5.41, 5.74) is 3.16. The van der Waals surface area contributed by atoms with Crippen molar-refractivity contribution in [2.45, 2.75) is 26.3 Å². The van der Waals surface area contributed by atoms with Crippen LogP contribution in [-0.2, 0) is 11.2 Å². The number of ketones is 1. The van der Waals surface area contributed by atoms with Gasteiger partial charge < -0.3 is 10.2 Å². The summed E-state index contributed by atoms with van der Waals surface area (Å²) in [6.07, 6.45) is 3.63. The second-order valence-corrected chi connectivity index (χ2v) is 7.86. The molecule has 0 saturated heterocycles. The van der Waals surface area contributed by atoms with Crippen LogP contribution < -0.4 is 10.2 Å². The molecule has 2 aromatic heterocycles. The number of carbonyl (C=O) groups is 2. The lowest BCUT2D eigenvalue weighted by molar-refractivity contribution is -0.114. The number of hydrogen-bond donors (Lipinski definition) is 1. The van der Waals surface area contributed by atoms with E-state index in [1.807, 2.05) is 19.9 Å². The molecule has 0 bridgehead atoms. The number of aliphatic imine (C=N–C) groups is 1. The Bertz CT molecular complexity index is 1300. The Morgan fingerprint density at radius 2 is 1.97 bits per heavy atom. The molecule has 0 unspecified atom stereocenters. The number of halogens is 1. The highest BCUT2D eigenvalue weighted by atomic mass is 19.1. The lowest BCUT2D eigenvalue weighted by Gasteiger charge is -2.21. The van der Waals surface area contributed by atoms with E-state index in [1.54, 1.807) is 24.4 Å². The summed E-state index contributed by atoms with van der Waals surface area (Å²) in [4.78, 5) is 43.2. The summed E-state index contributed by atoms with van der Waals surface area (Å²) in [5.74, 6) is -1.02. The first-order valence-corrected chi connectivity index (χ1v) is 10.2. The van der Waals surface area contributed by atoms with Crippen molar-refractivity contribution < 1.29 is 14.0 Å². The average Bonchev–Trinajstić information content (AvgIpc) is 3.04. The van der Waals surface area contributed by atoms with Crippen molar-refractivity contribution in [2.24, 2.45) is 4.99 Å². The summed E-state index contributed by atoms with van der Waals surface area (Å²) in [6.45, 7) is 4.33. The second kappa shape index (κ2) is 7.60. The topological polar surface area (TPSA) is 100 Å². The van der Waals surface area contributed by atoms with Gasteiger partial charge in [0.2, 0.25) is 5.95 Å². The highest BCUT2D eigenvalue weighted by Crippen LogP contribution is 2.35. The van der Waals surface area contributed by atoms with Crippen molar-refractivity contribution in [2.75, 3.05) is 16.8 Å². The molecule has 160 valence electrons. The fourth-order valence-electron chi connectivity index (χ4n) is 3.89. The maximum Gasteiger partial charge on any atom is 0.299 e. The van der Waals surface area contributed by atoms with Crippen LogP contribution in [0, 0.1) is 5.82 Å². The number of aromatic nitrogens is 3. The minimum Gasteiger partial charge on any atom is -0.309 e. The third-order valence-corrected chi connectivity index (χ3v) is 5.41. The molecule has 5 rings (SSSR count). The highest BCUT2D eigenvalue weighted by molar-refractivity contribution is 6.52. The van der Waals surface area contributed by atoms with Crippen molar-refractivity contribution in [3.8, 4) is 11.3 Å². The van der Waals surface area contributed by atoms with Crippen LogP contribution in [0.15, 0.2) is 41.5 Å². The Morgan fingerprint density at radius 1 is 1.12 bits per heavy atom. The first-order chi connectivity index (χ1) is 15.4. The fourth-order valence-corrected chi connectivity index (χ4v) is 3.89. The molecule has 0 atom stereocenters. The van der Waals surface area contributed by atoms with Gasteiger partial charge in [0.15, 0.2) is 5.82 Å². The number of nitrogens with zero attached hydrogens (tertiary/aromatic N) is 5. The van der Waals surface area contributed by atoms with E-state index >= 15 is 0 Å². The highest BCUT2D eigenvalue weighted by Gasteiger charge is 2.37. The van der Waals surface area contributed by atoms with Gasteiger partial charge in [-0.1, -0.05) is 6.07 Å². The molecule has 0 aliphatic carbocycles. The Balaban J connectivity index is 1.50. The molecule has 1 amide bonds. The minimum atomic E-state index is -0.614. The number of nitrogens with one attached hydrogen (secondary N) is 1. The van der Waals surface area contributed by atoms with E-state index < -0.39 is 17.5 Å². The van der Waals surface area contributed by atoms with E-state index in [0.29, 0.717) is 29.2 Å². The fraction of sp³-hybridized carbons (Fsp3) is 0.217. The van der Waals surface area contributed by atoms with Gasteiger partial charge in [-0.3, -0.25) is 14.6 Å². The zero-order valence-corrected chi connectivity index (χ0v) is 17.5. The number of carbonyl (C=O) groups excluding carboxylic acids is 2. The van der Waals surface area contributed by atoms with Gasteiger partial charge in [0, 0.05) is 36.3 Å². The van der Waals surface area contributed by atoms with Crippen LogP contribution in [0.5, 0.6) is 0 Å². The number of hydrogen-bond acceptors (Lipinski definition) is 7. The first-order valence-electron chi connectivity index (χ1n) is 10.2. The van der Waals surface area contributed by atoms with E-state index in [4.69, 9.17) is 0 Å². The van der Waals surface area contributed by atoms with E-state index in [-0.39, 0.29) is 17.7 Å². The van der Waals surface area contributed by atoms with Crippen LogP contribution in [0.25, 0.3) is 11.3 Å². The van der Waals surface area contributed by atoms with Gasteiger partial charge in [-0.25, -0.2) is 19.3 Å². The molecular formula is C23H19FN6O2. The van der Waals surface area contributed by atoms with E-state index in [9.17, 15) is 14.0 Å². The molecule has 8 nitrogen and oxygen atoms in total. The molecule has 9 heteroatoms. The standard InChI is InChI=1S/C23H19FN6O2/c1-12(2)30-18-9-13(3-5-15(18)21(31)22(30)32)20-16(24)11-26-23(29-20)28-19-6-4-14-10-25-8-7-17(14)27-19/h3-6,9-12H,7-8H2,1-2H3,(H,26,27,28,29). The number of anilines is 3. The largest absolute Gasteiger partial charge is 0.309 e. The van der Waals surface area contributed by atoms with Crippen LogP contribution in [-0.4, -0.2) is 45.4 Å². The maximum atomic E-state index is 14.6. The third kappa shape index (κ3) is 3.31. The smallest absolute Gasteiger partial charge is 0.299 e. The number of Topliss-reactive ketones (excluding diaryl/α,β-unsaturated/α-hetero) is 1. The molecule has 2 aliphatic heterocycles. The predicted octanol–water partition coefficient (Wildman–Crippen LogP) is 3.33. The van der Waals surface area contributed by atoms with Gasteiger partial charge >= 0.3 is 0 Å². The molecule has 1 aromatic carbocycles. The van der Waals surface area contributed by atoms with Gasteiger partial charge in [0.1, 0.15) is 11.5 Å². The Labute approximate surface area is 183 Å². The van der Waals surface area contributed by atoms with Gasteiger partial charge in [0.25, 0.3) is 11.7 Å². The number of amides is 1. The number of pyridine rings is 1. The van der Waals surface area contributed by atoms with E-state index in [2.05, 4.69) is 25.3 Å². The monoisotopic (exact) mass is 430 g/mol. The Kier molecular flexibility index (Phi) is 4.73. The zero-order chi connectivity index (χ0) is 22.4. The molecule has 0 fully saturated rings. The van der Waals surface area contributed by atoms with Gasteiger partial charge in [-0.2, -0.15) is 0 Å². The van der Waals surface area contributed by atoms with Crippen molar-refractivity contribution in [3.63, 3.8) is 0 Å². The van der Waals surface area contributed by atoms with E-state index in [0.717, 1.165) is 23.9 Å². The predicted molar refractivity (Wildman–Crippen MR) is 118 cm³/mol. The molecule has 0 saturated carbocycles. The second-order valence-electron chi connectivity index (χ2n) is 7.86. The summed E-state index contributed by atoms with van der Waals surface area (Å²) >= 11 is 0. The first kappa shape index (κ1) is 19.9. The summed E-state index contributed by atoms with van der Waals surface area (Å²) in [6, 6.07) is 8.22. The molecule has 3 aromatic rings. The van der Waals surface area contributed by atoms with Gasteiger partial charge in [-0.15, -0.1) is 0 Å². The molecule has 0 radical (unpaired) electrons. The lowest BCUT2D eigenvalue weighted by atomic mass is 10.1. The van der Waals surface area contributed by atoms with Crippen molar-refractivity contribution in [1.29, 1.82) is 0 Å². The summed E-state index contributed by atoms with van der Waals surface area (Å²) < 4.78 is 14.6. The Morgan fingerprint density at radius 3 is 2.78 bits per heavy atom. The number of fused-ring (bicyclic) bond motifs is 2.